The van der Waals surface area contributed by atoms with E-state index in [9.17, 15) is 8.42 Å². The van der Waals surface area contributed by atoms with E-state index in [0.29, 0.717) is 18.8 Å². The van der Waals surface area contributed by atoms with Crippen LogP contribution >= 0.6 is 11.6 Å². The molecule has 7 heteroatoms. The van der Waals surface area contributed by atoms with Crippen molar-refractivity contribution in [3.8, 4) is 0 Å². The molecular formula is C8H12ClN3O2S. The van der Waals surface area contributed by atoms with E-state index in [2.05, 4.69) is 5.10 Å². The quantitative estimate of drug-likeness (QED) is 0.778. The zero-order valence-electron chi connectivity index (χ0n) is 8.57. The van der Waals surface area contributed by atoms with Crippen LogP contribution in [-0.2, 0) is 17.1 Å². The number of nitrogens with zero attached hydrogens (tertiary/aromatic N) is 3. The van der Waals surface area contributed by atoms with E-state index in [4.69, 9.17) is 11.6 Å². The van der Waals surface area contributed by atoms with Crippen LogP contribution < -0.4 is 0 Å². The molecule has 5 nitrogen and oxygen atoms in total. The molecule has 2 rings (SSSR count). The number of halogens is 1. The van der Waals surface area contributed by atoms with Crippen molar-refractivity contribution in [1.82, 2.24) is 14.1 Å². The predicted octanol–water partition coefficient (Wildman–Crippen LogP) is 0.776. The first-order valence-electron chi connectivity index (χ1n) is 4.64. The number of aryl methyl sites for hydroxylation is 2. The van der Waals surface area contributed by atoms with E-state index in [1.807, 2.05) is 0 Å². The van der Waals surface area contributed by atoms with Crippen molar-refractivity contribution in [1.29, 1.82) is 0 Å². The maximum Gasteiger partial charge on any atom is 0.248 e. The number of rotatable bonds is 2. The molecule has 1 saturated heterocycles. The van der Waals surface area contributed by atoms with Gasteiger partial charge in [0, 0.05) is 20.1 Å². The van der Waals surface area contributed by atoms with E-state index in [1.165, 1.54) is 8.99 Å². The second kappa shape index (κ2) is 3.47. The molecular weight excluding hydrogens is 238 g/mol. The van der Waals surface area contributed by atoms with Gasteiger partial charge in [-0.25, -0.2) is 8.42 Å². The SMILES string of the molecule is Cc1nn(C)c(Cl)c1S(=O)(=O)N1CCC1. The van der Waals surface area contributed by atoms with Crippen molar-refractivity contribution < 1.29 is 8.42 Å². The Balaban J connectivity index is 2.53. The molecule has 0 amide bonds. The summed E-state index contributed by atoms with van der Waals surface area (Å²) in [6, 6.07) is 0. The first-order chi connectivity index (χ1) is 6.94. The second-order valence-electron chi connectivity index (χ2n) is 3.59. The number of hydrogen-bond acceptors (Lipinski definition) is 3. The van der Waals surface area contributed by atoms with Gasteiger partial charge in [0.25, 0.3) is 0 Å². The summed E-state index contributed by atoms with van der Waals surface area (Å²) in [5.74, 6) is 0. The Hall–Kier alpha value is -0.590. The highest BCUT2D eigenvalue weighted by molar-refractivity contribution is 7.89. The van der Waals surface area contributed by atoms with Gasteiger partial charge in [0.05, 0.1) is 5.69 Å². The standard InChI is InChI=1S/C8H12ClN3O2S/c1-6-7(8(9)11(2)10-6)15(13,14)12-4-3-5-12/h3-5H2,1-2H3. The van der Waals surface area contributed by atoms with Crippen LogP contribution in [0.1, 0.15) is 12.1 Å². The molecule has 84 valence electrons. The maximum absolute atomic E-state index is 12.1. The third-order valence-electron chi connectivity index (χ3n) is 2.51. The minimum atomic E-state index is -3.42. The van der Waals surface area contributed by atoms with Crippen molar-refractivity contribution in [2.24, 2.45) is 7.05 Å². The largest absolute Gasteiger partial charge is 0.255 e. The molecule has 2 heterocycles. The van der Waals surface area contributed by atoms with Crippen LogP contribution in [-0.4, -0.2) is 35.6 Å². The molecule has 0 bridgehead atoms. The van der Waals surface area contributed by atoms with Crippen molar-refractivity contribution in [2.75, 3.05) is 13.1 Å². The van der Waals surface area contributed by atoms with Gasteiger partial charge in [0.1, 0.15) is 10.0 Å². The summed E-state index contributed by atoms with van der Waals surface area (Å²) in [4.78, 5) is 0.145. The highest BCUT2D eigenvalue weighted by atomic mass is 35.5. The fourth-order valence-corrected chi connectivity index (χ4v) is 3.78. The number of sulfonamides is 1. The lowest BCUT2D eigenvalue weighted by Gasteiger charge is -2.29. The highest BCUT2D eigenvalue weighted by Gasteiger charge is 2.34. The Morgan fingerprint density at radius 3 is 2.33 bits per heavy atom. The Kier molecular flexibility index (Phi) is 2.52. The van der Waals surface area contributed by atoms with Gasteiger partial charge in [-0.05, 0) is 13.3 Å². The van der Waals surface area contributed by atoms with Gasteiger partial charge in [-0.3, -0.25) is 4.68 Å². The zero-order chi connectivity index (χ0) is 11.2. The highest BCUT2D eigenvalue weighted by Crippen LogP contribution is 2.29. The Bertz CT molecular complexity index is 490. The summed E-state index contributed by atoms with van der Waals surface area (Å²) in [7, 11) is -1.80. The van der Waals surface area contributed by atoms with E-state index in [-0.39, 0.29) is 10.0 Å². The van der Waals surface area contributed by atoms with Gasteiger partial charge in [-0.1, -0.05) is 11.6 Å². The van der Waals surface area contributed by atoms with Crippen LogP contribution in [0.5, 0.6) is 0 Å². The third kappa shape index (κ3) is 1.56. The smallest absolute Gasteiger partial charge is 0.248 e. The second-order valence-corrected chi connectivity index (χ2v) is 5.82. The van der Waals surface area contributed by atoms with Crippen molar-refractivity contribution >= 4 is 21.6 Å². The fourth-order valence-electron chi connectivity index (χ4n) is 1.56. The normalized spacial score (nSPS) is 17.8. The predicted molar refractivity (Wildman–Crippen MR) is 56.3 cm³/mol. The van der Waals surface area contributed by atoms with E-state index < -0.39 is 10.0 Å². The van der Waals surface area contributed by atoms with E-state index in [0.717, 1.165) is 6.42 Å². The zero-order valence-corrected chi connectivity index (χ0v) is 10.1. The molecule has 0 aromatic carbocycles. The molecule has 1 fully saturated rings. The lowest BCUT2D eigenvalue weighted by molar-refractivity contribution is 0.309. The van der Waals surface area contributed by atoms with Gasteiger partial charge < -0.3 is 0 Å². The first-order valence-corrected chi connectivity index (χ1v) is 6.45. The molecule has 0 aliphatic carbocycles. The molecule has 15 heavy (non-hydrogen) atoms. The topological polar surface area (TPSA) is 55.2 Å². The van der Waals surface area contributed by atoms with Gasteiger partial charge in [-0.15, -0.1) is 0 Å². The van der Waals surface area contributed by atoms with Crippen molar-refractivity contribution in [3.63, 3.8) is 0 Å². The molecule has 0 atom stereocenters. The monoisotopic (exact) mass is 249 g/mol. The van der Waals surface area contributed by atoms with E-state index in [1.54, 1.807) is 14.0 Å². The minimum Gasteiger partial charge on any atom is -0.255 e. The Morgan fingerprint density at radius 1 is 1.40 bits per heavy atom. The average Bonchev–Trinajstić information content (AvgIpc) is 2.21. The summed E-state index contributed by atoms with van der Waals surface area (Å²) >= 11 is 5.92. The van der Waals surface area contributed by atoms with Crippen molar-refractivity contribution in [2.45, 2.75) is 18.2 Å². The van der Waals surface area contributed by atoms with Crippen LogP contribution in [0.3, 0.4) is 0 Å². The van der Waals surface area contributed by atoms with Crippen LogP contribution in [0, 0.1) is 6.92 Å². The molecule has 0 spiro atoms. The van der Waals surface area contributed by atoms with Gasteiger partial charge in [-0.2, -0.15) is 9.40 Å². The van der Waals surface area contributed by atoms with Gasteiger partial charge in [0.15, 0.2) is 0 Å². The minimum absolute atomic E-state index is 0.145. The van der Waals surface area contributed by atoms with Crippen LogP contribution in [0.4, 0.5) is 0 Å². The molecule has 1 aromatic heterocycles. The molecule has 0 radical (unpaired) electrons. The lowest BCUT2D eigenvalue weighted by Crippen LogP contribution is -2.42. The molecule has 1 aliphatic rings. The maximum atomic E-state index is 12.1. The summed E-state index contributed by atoms with van der Waals surface area (Å²) in [5, 5.41) is 4.18. The summed E-state index contributed by atoms with van der Waals surface area (Å²) < 4.78 is 26.9. The summed E-state index contributed by atoms with van der Waals surface area (Å²) in [6.45, 7) is 2.80. The van der Waals surface area contributed by atoms with Crippen LogP contribution in [0.2, 0.25) is 5.15 Å². The van der Waals surface area contributed by atoms with Gasteiger partial charge in [0.2, 0.25) is 10.0 Å². The summed E-state index contributed by atoms with van der Waals surface area (Å²) in [5.41, 5.74) is 0.453. The summed E-state index contributed by atoms with van der Waals surface area (Å²) in [6.07, 6.45) is 0.913. The average molecular weight is 250 g/mol. The van der Waals surface area contributed by atoms with Crippen LogP contribution in [0.25, 0.3) is 0 Å². The molecule has 0 saturated carbocycles. The Labute approximate surface area is 93.7 Å². The number of hydrogen-bond donors (Lipinski definition) is 0. The van der Waals surface area contributed by atoms with Crippen molar-refractivity contribution in [3.05, 3.63) is 10.8 Å². The van der Waals surface area contributed by atoms with Gasteiger partial charge >= 0.3 is 0 Å². The van der Waals surface area contributed by atoms with E-state index >= 15 is 0 Å². The number of aromatic nitrogens is 2. The Morgan fingerprint density at radius 2 is 2.00 bits per heavy atom. The first kappa shape index (κ1) is 10.9. The molecule has 0 unspecified atom stereocenters. The third-order valence-corrected chi connectivity index (χ3v) is 5.11. The van der Waals surface area contributed by atoms with Crippen LogP contribution in [0.15, 0.2) is 4.90 Å². The fraction of sp³-hybridized carbons (Fsp3) is 0.625. The lowest BCUT2D eigenvalue weighted by atomic mass is 10.3. The molecule has 1 aliphatic heterocycles. The molecule has 1 aromatic rings. The molecule has 0 N–H and O–H groups in total.